The van der Waals surface area contributed by atoms with Gasteiger partial charge in [-0.15, -0.1) is 0 Å². The van der Waals surface area contributed by atoms with Gasteiger partial charge in [0, 0.05) is 26.9 Å². The smallest absolute Gasteiger partial charge is 0.329 e. The molecule has 2 aliphatic rings. The highest BCUT2D eigenvalue weighted by atomic mass is 16.4. The van der Waals surface area contributed by atoms with Gasteiger partial charge in [0.25, 0.3) is 0 Å². The molecule has 0 aromatic rings. The Bertz CT molecular complexity index is 467. The molecule has 0 saturated carbocycles. The summed E-state index contributed by atoms with van der Waals surface area (Å²) in [7, 11) is 3.14. The Balaban J connectivity index is 0.000000211. The molecule has 2 aliphatic heterocycles. The zero-order chi connectivity index (χ0) is 16.3. The highest BCUT2D eigenvalue weighted by Crippen LogP contribution is 2.17. The van der Waals surface area contributed by atoms with Gasteiger partial charge in [0.2, 0.25) is 0 Å². The molecule has 0 spiro atoms. The van der Waals surface area contributed by atoms with Gasteiger partial charge in [0.15, 0.2) is 6.04 Å². The molecule has 5 N–H and O–H groups in total. The van der Waals surface area contributed by atoms with Gasteiger partial charge in [0.05, 0.1) is 17.8 Å². The molecule has 0 radical (unpaired) electrons. The van der Waals surface area contributed by atoms with Gasteiger partial charge < -0.3 is 25.1 Å². The number of carboxylic acids is 2. The van der Waals surface area contributed by atoms with Gasteiger partial charge in [-0.3, -0.25) is 10.8 Å². The van der Waals surface area contributed by atoms with E-state index in [1.54, 1.807) is 7.05 Å². The molecule has 0 aromatic heterocycles. The van der Waals surface area contributed by atoms with Crippen molar-refractivity contribution in [1.29, 1.82) is 10.8 Å². The highest BCUT2D eigenvalue weighted by molar-refractivity contribution is 5.90. The number of nitrogens with zero attached hydrogens (tertiary/aromatic N) is 2. The Morgan fingerprint density at radius 2 is 1.67 bits per heavy atom. The van der Waals surface area contributed by atoms with Crippen molar-refractivity contribution >= 4 is 23.6 Å². The topological polar surface area (TPSA) is 149 Å². The van der Waals surface area contributed by atoms with E-state index in [4.69, 9.17) is 26.1 Å². The van der Waals surface area contributed by atoms with Crippen LogP contribution in [0.1, 0.15) is 19.3 Å². The third-order valence-corrected chi connectivity index (χ3v) is 3.70. The Morgan fingerprint density at radius 3 is 1.86 bits per heavy atom. The van der Waals surface area contributed by atoms with E-state index in [-0.39, 0.29) is 12.3 Å². The predicted octanol–water partition coefficient (Wildman–Crippen LogP) is -0.744. The first-order valence-corrected chi connectivity index (χ1v) is 6.41. The second-order valence-electron chi connectivity index (χ2n) is 5.06. The zero-order valence-electron chi connectivity index (χ0n) is 11.9. The number of aliphatic hydroxyl groups excluding tert-OH is 1. The molecule has 2 saturated heterocycles. The number of aliphatic carboxylic acids is 2. The van der Waals surface area contributed by atoms with E-state index >= 15 is 0 Å². The number of rotatable bonds is 2. The first-order valence-electron chi connectivity index (χ1n) is 6.41. The van der Waals surface area contributed by atoms with Crippen LogP contribution in [-0.4, -0.2) is 81.0 Å². The third-order valence-electron chi connectivity index (χ3n) is 3.70. The average molecular weight is 300 g/mol. The van der Waals surface area contributed by atoms with Gasteiger partial charge in [-0.25, -0.2) is 9.59 Å². The molecule has 118 valence electrons. The number of carboxylic acid groups (broad SMARTS) is 2. The summed E-state index contributed by atoms with van der Waals surface area (Å²) in [4.78, 5) is 23.7. The summed E-state index contributed by atoms with van der Waals surface area (Å²) in [6.07, 6.45) is 0.357. The molecular formula is C12H20N4O5. The largest absolute Gasteiger partial charge is 0.480 e. The summed E-state index contributed by atoms with van der Waals surface area (Å²) in [6, 6.07) is -1.41. The van der Waals surface area contributed by atoms with Crippen LogP contribution >= 0.6 is 0 Å². The molecule has 21 heavy (non-hydrogen) atoms. The molecule has 0 aromatic carbocycles. The maximum Gasteiger partial charge on any atom is 0.329 e. The van der Waals surface area contributed by atoms with E-state index in [1.165, 1.54) is 16.8 Å². The van der Waals surface area contributed by atoms with Crippen LogP contribution in [0.2, 0.25) is 0 Å². The number of hydrogen-bond donors (Lipinski definition) is 5. The fourth-order valence-electron chi connectivity index (χ4n) is 2.33. The maximum absolute atomic E-state index is 10.5. The molecule has 2 rings (SSSR count). The van der Waals surface area contributed by atoms with Crippen molar-refractivity contribution in [3.8, 4) is 0 Å². The number of likely N-dealkylation sites (N-methyl/N-ethyl adjacent to an activating group) is 2. The molecule has 3 unspecified atom stereocenters. The Hall–Kier alpha value is -2.16. The molecule has 3 atom stereocenters. The van der Waals surface area contributed by atoms with Gasteiger partial charge >= 0.3 is 11.9 Å². The predicted molar refractivity (Wildman–Crippen MR) is 73.7 cm³/mol. The molecule has 9 nitrogen and oxygen atoms in total. The van der Waals surface area contributed by atoms with Crippen molar-refractivity contribution in [2.75, 3.05) is 14.1 Å². The summed E-state index contributed by atoms with van der Waals surface area (Å²) in [5, 5.41) is 40.7. The molecule has 0 amide bonds. The van der Waals surface area contributed by atoms with E-state index in [0.29, 0.717) is 18.7 Å². The van der Waals surface area contributed by atoms with Crippen molar-refractivity contribution in [3.63, 3.8) is 0 Å². The minimum Gasteiger partial charge on any atom is -0.480 e. The maximum atomic E-state index is 10.5. The summed E-state index contributed by atoms with van der Waals surface area (Å²) in [5.74, 6) is -1.32. The Kier molecular flexibility index (Phi) is 5.25. The molecule has 0 bridgehead atoms. The van der Waals surface area contributed by atoms with Crippen LogP contribution < -0.4 is 0 Å². The van der Waals surface area contributed by atoms with E-state index in [9.17, 15) is 9.59 Å². The Labute approximate surface area is 121 Å². The van der Waals surface area contributed by atoms with Crippen molar-refractivity contribution in [2.45, 2.75) is 37.5 Å². The first kappa shape index (κ1) is 16.9. The summed E-state index contributed by atoms with van der Waals surface area (Å²) >= 11 is 0. The lowest BCUT2D eigenvalue weighted by molar-refractivity contribution is -0.144. The van der Waals surface area contributed by atoms with Crippen molar-refractivity contribution in [1.82, 2.24) is 9.80 Å². The fourth-order valence-corrected chi connectivity index (χ4v) is 2.33. The number of likely N-dealkylation sites (tertiary alicyclic amines) is 2. The van der Waals surface area contributed by atoms with Crippen LogP contribution in [0.3, 0.4) is 0 Å². The molecule has 9 heteroatoms. The van der Waals surface area contributed by atoms with Crippen molar-refractivity contribution < 1.29 is 24.9 Å². The van der Waals surface area contributed by atoms with E-state index in [2.05, 4.69) is 0 Å². The number of nitrogens with one attached hydrogen (secondary N) is 2. The van der Waals surface area contributed by atoms with Crippen LogP contribution in [-0.2, 0) is 9.59 Å². The second kappa shape index (κ2) is 6.53. The lowest BCUT2D eigenvalue weighted by atomic mass is 10.2. The summed E-state index contributed by atoms with van der Waals surface area (Å²) in [5.41, 5.74) is 0. The lowest BCUT2D eigenvalue weighted by Crippen LogP contribution is -2.40. The number of amidine groups is 2. The van der Waals surface area contributed by atoms with E-state index < -0.39 is 30.1 Å². The van der Waals surface area contributed by atoms with Crippen LogP contribution in [0, 0.1) is 10.8 Å². The summed E-state index contributed by atoms with van der Waals surface area (Å²) in [6.45, 7) is 0. The van der Waals surface area contributed by atoms with Crippen LogP contribution in [0.25, 0.3) is 0 Å². The van der Waals surface area contributed by atoms with Gasteiger partial charge in [-0.2, -0.15) is 0 Å². The molecular weight excluding hydrogens is 280 g/mol. The summed E-state index contributed by atoms with van der Waals surface area (Å²) < 4.78 is 0. The normalized spacial score (nSPS) is 28.4. The molecule has 2 heterocycles. The molecule has 2 fully saturated rings. The zero-order valence-corrected chi connectivity index (χ0v) is 11.9. The van der Waals surface area contributed by atoms with Crippen molar-refractivity contribution in [3.05, 3.63) is 0 Å². The van der Waals surface area contributed by atoms with Crippen LogP contribution in [0.4, 0.5) is 0 Å². The fraction of sp³-hybridized carbons (Fsp3) is 0.667. The van der Waals surface area contributed by atoms with E-state index in [0.717, 1.165) is 0 Å². The van der Waals surface area contributed by atoms with Gasteiger partial charge in [-0.05, 0) is 6.42 Å². The third kappa shape index (κ3) is 3.69. The monoisotopic (exact) mass is 300 g/mol. The molecule has 0 aliphatic carbocycles. The van der Waals surface area contributed by atoms with Gasteiger partial charge in [0.1, 0.15) is 6.04 Å². The number of aliphatic hydroxyl groups is 1. The van der Waals surface area contributed by atoms with E-state index in [1.807, 2.05) is 0 Å². The van der Waals surface area contributed by atoms with Crippen molar-refractivity contribution in [2.24, 2.45) is 0 Å². The standard InChI is InChI=1S/C6H10N2O3.C6H10N2O2/c1-8-4(7)2-3(9)5(8)6(10)11;1-8-4(6(9)10)2-3-5(8)7/h3,5,7,9H,2H2,1H3,(H,10,11);4,7H,2-3H2,1H3,(H,9,10). The quantitative estimate of drug-likeness (QED) is 0.450. The minimum atomic E-state index is -1.08. The second-order valence-corrected chi connectivity index (χ2v) is 5.06. The number of carbonyl (C=O) groups is 2. The lowest BCUT2D eigenvalue weighted by Gasteiger charge is -2.18. The first-order chi connectivity index (χ1) is 9.66. The SMILES string of the molecule is CN1C(=N)CC(O)C1C(=O)O.CN1C(=N)CCC1C(=O)O. The van der Waals surface area contributed by atoms with Gasteiger partial charge in [-0.1, -0.05) is 0 Å². The van der Waals surface area contributed by atoms with Crippen LogP contribution in [0.15, 0.2) is 0 Å². The number of hydrogen-bond acceptors (Lipinski definition) is 5. The highest BCUT2D eigenvalue weighted by Gasteiger charge is 2.39. The Morgan fingerprint density at radius 1 is 1.10 bits per heavy atom. The average Bonchev–Trinajstić information content (AvgIpc) is 2.82. The minimum absolute atomic E-state index is 0.132. The van der Waals surface area contributed by atoms with Crippen LogP contribution in [0.5, 0.6) is 0 Å².